The Bertz CT molecular complexity index is 742. The maximum atomic E-state index is 5.91. The van der Waals surface area contributed by atoms with E-state index in [4.69, 9.17) is 16.3 Å². The molecule has 3 rings (SSSR count). The number of nitrogens with zero attached hydrogens (tertiary/aromatic N) is 3. The van der Waals surface area contributed by atoms with Crippen LogP contribution in [-0.4, -0.2) is 26.0 Å². The first-order chi connectivity index (χ1) is 10.1. The summed E-state index contributed by atoms with van der Waals surface area (Å²) in [5.41, 5.74) is 1.07. The van der Waals surface area contributed by atoms with Crippen LogP contribution in [0.15, 0.2) is 40.5 Å². The molecule has 0 saturated carbocycles. The lowest BCUT2D eigenvalue weighted by molar-refractivity contribution is 0.219. The van der Waals surface area contributed by atoms with E-state index in [-0.39, 0.29) is 17.4 Å². The molecule has 0 fully saturated rings. The molecule has 0 radical (unpaired) electrons. The molecule has 0 spiro atoms. The molecule has 1 N–H and O–H groups in total. The van der Waals surface area contributed by atoms with Crippen molar-refractivity contribution in [1.82, 2.24) is 19.9 Å². The zero-order chi connectivity index (χ0) is 14.8. The van der Waals surface area contributed by atoms with Crippen molar-refractivity contribution in [3.05, 3.63) is 35.6 Å². The van der Waals surface area contributed by atoms with E-state index >= 15 is 0 Å². The van der Waals surface area contributed by atoms with Crippen LogP contribution in [0.1, 0.15) is 13.8 Å². The van der Waals surface area contributed by atoms with Gasteiger partial charge in [0.25, 0.3) is 0 Å². The smallest absolute Gasteiger partial charge is 0.322 e. The van der Waals surface area contributed by atoms with Crippen LogP contribution in [0, 0.1) is 0 Å². The number of aromatic amines is 1. The number of benzene rings is 1. The van der Waals surface area contributed by atoms with Crippen molar-refractivity contribution < 1.29 is 4.74 Å². The fourth-order valence-electron chi connectivity index (χ4n) is 1.82. The van der Waals surface area contributed by atoms with E-state index in [2.05, 4.69) is 19.9 Å². The molecule has 2 heterocycles. The molecule has 1 aromatic carbocycles. The molecular formula is C14H13ClN4OS. The summed E-state index contributed by atoms with van der Waals surface area (Å²) in [6, 6.07) is 10.3. The molecule has 0 saturated heterocycles. The van der Waals surface area contributed by atoms with Crippen LogP contribution in [0.2, 0.25) is 5.28 Å². The number of hydrogen-bond donors (Lipinski definition) is 1. The minimum atomic E-state index is -0.0191. The molecule has 0 aliphatic rings. The summed E-state index contributed by atoms with van der Waals surface area (Å²) in [6.07, 6.45) is -0.0191. The molecule has 5 nitrogen and oxygen atoms in total. The topological polar surface area (TPSA) is 63.7 Å². The maximum Gasteiger partial charge on any atom is 0.322 e. The number of nitrogens with one attached hydrogen (secondary N) is 1. The summed E-state index contributed by atoms with van der Waals surface area (Å²) in [7, 11) is 0. The second kappa shape index (κ2) is 5.91. The SMILES string of the molecule is CC(C)Oc1nc(Cl)nc(Sc2cc3ccccc3[nH]2)n1. The van der Waals surface area contributed by atoms with Gasteiger partial charge in [-0.2, -0.15) is 15.0 Å². The first kappa shape index (κ1) is 14.2. The largest absolute Gasteiger partial charge is 0.461 e. The summed E-state index contributed by atoms with van der Waals surface area (Å²) in [4.78, 5) is 15.6. The van der Waals surface area contributed by atoms with Gasteiger partial charge >= 0.3 is 6.01 Å². The number of H-pyrrole nitrogens is 1. The van der Waals surface area contributed by atoms with Gasteiger partial charge in [-0.15, -0.1) is 0 Å². The molecule has 7 heteroatoms. The second-order valence-electron chi connectivity index (χ2n) is 4.66. The van der Waals surface area contributed by atoms with E-state index in [1.807, 2.05) is 44.2 Å². The standard InChI is InChI=1S/C14H13ClN4OS/c1-8(2)20-13-17-12(15)18-14(19-13)21-11-7-9-5-3-4-6-10(9)16-11/h3-8,16H,1-2H3. The van der Waals surface area contributed by atoms with E-state index in [0.717, 1.165) is 15.9 Å². The van der Waals surface area contributed by atoms with Gasteiger partial charge in [0.05, 0.1) is 11.1 Å². The van der Waals surface area contributed by atoms with Crippen molar-refractivity contribution in [1.29, 1.82) is 0 Å². The average molecular weight is 321 g/mol. The Morgan fingerprint density at radius 2 is 2.00 bits per heavy atom. The highest BCUT2D eigenvalue weighted by Crippen LogP contribution is 2.28. The molecule has 0 atom stereocenters. The predicted molar refractivity (Wildman–Crippen MR) is 83.0 cm³/mol. The Kier molecular flexibility index (Phi) is 3.98. The van der Waals surface area contributed by atoms with Crippen LogP contribution in [0.3, 0.4) is 0 Å². The number of para-hydroxylation sites is 1. The second-order valence-corrected chi connectivity index (χ2v) is 6.01. The molecule has 21 heavy (non-hydrogen) atoms. The number of ether oxygens (including phenoxy) is 1. The number of rotatable bonds is 4. The van der Waals surface area contributed by atoms with Crippen molar-refractivity contribution in [2.24, 2.45) is 0 Å². The van der Waals surface area contributed by atoms with Crippen LogP contribution < -0.4 is 4.74 Å². The monoisotopic (exact) mass is 320 g/mol. The molecule has 0 amide bonds. The average Bonchev–Trinajstić information content (AvgIpc) is 2.78. The predicted octanol–water partition coefficient (Wildman–Crippen LogP) is 3.94. The number of halogens is 1. The van der Waals surface area contributed by atoms with E-state index in [1.165, 1.54) is 11.8 Å². The van der Waals surface area contributed by atoms with Gasteiger partial charge in [-0.25, -0.2) is 0 Å². The van der Waals surface area contributed by atoms with Crippen molar-refractivity contribution in [2.45, 2.75) is 30.1 Å². The van der Waals surface area contributed by atoms with Gasteiger partial charge < -0.3 is 9.72 Å². The fourth-order valence-corrected chi connectivity index (χ4v) is 2.83. The van der Waals surface area contributed by atoms with Crippen LogP contribution in [0.5, 0.6) is 6.01 Å². The molecule has 0 aliphatic heterocycles. The lowest BCUT2D eigenvalue weighted by Gasteiger charge is -2.07. The lowest BCUT2D eigenvalue weighted by Crippen LogP contribution is -2.09. The Labute approximate surface area is 131 Å². The molecule has 0 bridgehead atoms. The minimum Gasteiger partial charge on any atom is -0.461 e. The minimum absolute atomic E-state index is 0.0191. The third-order valence-corrected chi connectivity index (χ3v) is 3.59. The van der Waals surface area contributed by atoms with Gasteiger partial charge in [0.1, 0.15) is 0 Å². The normalized spacial score (nSPS) is 11.2. The highest BCUT2D eigenvalue weighted by atomic mass is 35.5. The zero-order valence-electron chi connectivity index (χ0n) is 11.5. The maximum absolute atomic E-state index is 5.91. The molecule has 0 aliphatic carbocycles. The first-order valence-electron chi connectivity index (χ1n) is 6.44. The number of hydrogen-bond acceptors (Lipinski definition) is 5. The Hall–Kier alpha value is -1.79. The summed E-state index contributed by atoms with van der Waals surface area (Å²) in [5, 5.41) is 2.70. The van der Waals surface area contributed by atoms with Crippen LogP contribution in [0.25, 0.3) is 10.9 Å². The Morgan fingerprint density at radius 1 is 1.19 bits per heavy atom. The van der Waals surface area contributed by atoms with Crippen molar-refractivity contribution >= 4 is 34.3 Å². The van der Waals surface area contributed by atoms with Crippen molar-refractivity contribution in [3.8, 4) is 6.01 Å². The Morgan fingerprint density at radius 3 is 2.76 bits per heavy atom. The fraction of sp³-hybridized carbons (Fsp3) is 0.214. The summed E-state index contributed by atoms with van der Waals surface area (Å²) < 4.78 is 5.46. The van der Waals surface area contributed by atoms with Crippen molar-refractivity contribution in [3.63, 3.8) is 0 Å². The third kappa shape index (κ3) is 3.46. The quantitative estimate of drug-likeness (QED) is 0.788. The van der Waals surface area contributed by atoms with E-state index < -0.39 is 0 Å². The van der Waals surface area contributed by atoms with Crippen LogP contribution in [0.4, 0.5) is 0 Å². The number of aromatic nitrogens is 4. The summed E-state index contributed by atoms with van der Waals surface area (Å²) in [6.45, 7) is 3.81. The van der Waals surface area contributed by atoms with E-state index in [0.29, 0.717) is 5.16 Å². The highest BCUT2D eigenvalue weighted by molar-refractivity contribution is 7.99. The molecule has 0 unspecified atom stereocenters. The van der Waals surface area contributed by atoms with Gasteiger partial charge in [0, 0.05) is 10.9 Å². The summed E-state index contributed by atoms with van der Waals surface area (Å²) in [5.74, 6) is 0. The highest BCUT2D eigenvalue weighted by Gasteiger charge is 2.10. The van der Waals surface area contributed by atoms with Gasteiger partial charge in [-0.05, 0) is 49.3 Å². The third-order valence-electron chi connectivity index (χ3n) is 2.61. The molecule has 2 aromatic heterocycles. The lowest BCUT2D eigenvalue weighted by atomic mass is 10.3. The van der Waals surface area contributed by atoms with Gasteiger partial charge in [0.15, 0.2) is 0 Å². The Balaban J connectivity index is 1.88. The van der Waals surface area contributed by atoms with Crippen LogP contribution >= 0.6 is 23.4 Å². The van der Waals surface area contributed by atoms with E-state index in [1.54, 1.807) is 0 Å². The molecule has 3 aromatic rings. The molecule has 108 valence electrons. The van der Waals surface area contributed by atoms with Gasteiger partial charge in [-0.1, -0.05) is 18.2 Å². The van der Waals surface area contributed by atoms with E-state index in [9.17, 15) is 0 Å². The first-order valence-corrected chi connectivity index (χ1v) is 7.63. The molecular weight excluding hydrogens is 308 g/mol. The van der Waals surface area contributed by atoms with Gasteiger partial charge in [-0.3, -0.25) is 0 Å². The van der Waals surface area contributed by atoms with Crippen molar-refractivity contribution in [2.75, 3.05) is 0 Å². The number of fused-ring (bicyclic) bond motifs is 1. The summed E-state index contributed by atoms with van der Waals surface area (Å²) >= 11 is 7.30. The van der Waals surface area contributed by atoms with Gasteiger partial charge in [0.2, 0.25) is 10.4 Å². The van der Waals surface area contributed by atoms with Crippen LogP contribution in [-0.2, 0) is 0 Å². The zero-order valence-corrected chi connectivity index (χ0v) is 13.1.